The van der Waals surface area contributed by atoms with Gasteiger partial charge in [-0.15, -0.1) is 0 Å². The van der Waals surface area contributed by atoms with Crippen molar-refractivity contribution in [2.75, 3.05) is 20.2 Å². The smallest absolute Gasteiger partial charge is 0.122 e. The summed E-state index contributed by atoms with van der Waals surface area (Å²) in [6.07, 6.45) is 5.26. The Balaban J connectivity index is 2.19. The van der Waals surface area contributed by atoms with Gasteiger partial charge in [0.1, 0.15) is 5.75 Å². The van der Waals surface area contributed by atoms with E-state index in [2.05, 4.69) is 43.4 Å². The molecule has 1 saturated carbocycles. The molecular weight excluding hydrogens is 234 g/mol. The van der Waals surface area contributed by atoms with Gasteiger partial charge in [-0.05, 0) is 31.4 Å². The molecule has 2 heteroatoms. The maximum absolute atomic E-state index is 5.57. The van der Waals surface area contributed by atoms with Crippen molar-refractivity contribution in [1.29, 1.82) is 0 Å². The van der Waals surface area contributed by atoms with Crippen molar-refractivity contribution < 1.29 is 4.74 Å². The second-order valence-electron chi connectivity index (χ2n) is 5.82. The highest BCUT2D eigenvalue weighted by Gasteiger charge is 2.45. The minimum Gasteiger partial charge on any atom is -0.496 e. The molecule has 0 radical (unpaired) electrons. The Morgan fingerprint density at radius 1 is 1.26 bits per heavy atom. The van der Waals surface area contributed by atoms with E-state index in [1.165, 1.54) is 31.2 Å². The quantitative estimate of drug-likeness (QED) is 0.807. The summed E-state index contributed by atoms with van der Waals surface area (Å²) in [6.45, 7) is 6.57. The fourth-order valence-corrected chi connectivity index (χ4v) is 3.56. The first-order chi connectivity index (χ1) is 9.25. The summed E-state index contributed by atoms with van der Waals surface area (Å²) < 4.78 is 5.57. The molecule has 0 aliphatic heterocycles. The monoisotopic (exact) mass is 261 g/mol. The van der Waals surface area contributed by atoms with E-state index in [9.17, 15) is 0 Å². The third-order valence-electron chi connectivity index (χ3n) is 4.45. The molecule has 0 heterocycles. The van der Waals surface area contributed by atoms with Gasteiger partial charge in [0, 0.05) is 17.5 Å². The maximum Gasteiger partial charge on any atom is 0.122 e. The summed E-state index contributed by atoms with van der Waals surface area (Å²) in [5, 5.41) is 3.55. The second kappa shape index (κ2) is 6.42. The summed E-state index contributed by atoms with van der Waals surface area (Å²) >= 11 is 0. The summed E-state index contributed by atoms with van der Waals surface area (Å²) in [6, 6.07) is 8.54. The van der Waals surface area contributed by atoms with E-state index >= 15 is 0 Å². The first-order valence-electron chi connectivity index (χ1n) is 7.60. The molecule has 1 fully saturated rings. The molecule has 0 saturated heterocycles. The number of methoxy groups -OCH3 is 1. The van der Waals surface area contributed by atoms with E-state index in [1.54, 1.807) is 7.11 Å². The number of rotatable bonds is 7. The van der Waals surface area contributed by atoms with Crippen LogP contribution < -0.4 is 10.1 Å². The predicted octanol–water partition coefficient (Wildman–Crippen LogP) is 3.75. The molecule has 106 valence electrons. The lowest BCUT2D eigenvalue weighted by molar-refractivity contribution is 0.126. The van der Waals surface area contributed by atoms with Gasteiger partial charge in [-0.2, -0.15) is 0 Å². The van der Waals surface area contributed by atoms with Gasteiger partial charge in [0.05, 0.1) is 7.11 Å². The van der Waals surface area contributed by atoms with Crippen LogP contribution in [0.5, 0.6) is 5.75 Å². The highest BCUT2D eigenvalue weighted by atomic mass is 16.5. The number of likely N-dealkylation sites (N-methyl/N-ethyl adjacent to an activating group) is 1. The Labute approximate surface area is 117 Å². The van der Waals surface area contributed by atoms with Gasteiger partial charge >= 0.3 is 0 Å². The van der Waals surface area contributed by atoms with Crippen molar-refractivity contribution in [1.82, 2.24) is 5.32 Å². The van der Waals surface area contributed by atoms with Gasteiger partial charge in [-0.3, -0.25) is 0 Å². The average Bonchev–Trinajstić information content (AvgIpc) is 2.41. The number of nitrogens with one attached hydrogen (secondary N) is 1. The first-order valence-corrected chi connectivity index (χ1v) is 7.60. The fraction of sp³-hybridized carbons (Fsp3) is 0.647. The zero-order chi connectivity index (χ0) is 13.7. The van der Waals surface area contributed by atoms with Crippen molar-refractivity contribution in [3.05, 3.63) is 29.8 Å². The SMILES string of the molecule is CCCC1CC(CNCC)(c2ccccc2OC)C1. The van der Waals surface area contributed by atoms with E-state index in [0.717, 1.165) is 24.8 Å². The topological polar surface area (TPSA) is 21.3 Å². The minimum absolute atomic E-state index is 0.294. The number of hydrogen-bond acceptors (Lipinski definition) is 2. The summed E-state index contributed by atoms with van der Waals surface area (Å²) in [5.41, 5.74) is 1.69. The van der Waals surface area contributed by atoms with Crippen LogP contribution >= 0.6 is 0 Å². The van der Waals surface area contributed by atoms with E-state index in [1.807, 2.05) is 0 Å². The van der Waals surface area contributed by atoms with Crippen LogP contribution in [0.1, 0.15) is 45.1 Å². The van der Waals surface area contributed by atoms with Gasteiger partial charge < -0.3 is 10.1 Å². The van der Waals surface area contributed by atoms with Crippen LogP contribution in [0.25, 0.3) is 0 Å². The average molecular weight is 261 g/mol. The van der Waals surface area contributed by atoms with Crippen molar-refractivity contribution in [2.45, 2.75) is 44.9 Å². The standard InChI is InChI=1S/C17H27NO/c1-4-8-14-11-17(12-14,13-18-5-2)15-9-6-7-10-16(15)19-3/h6-7,9-10,14,18H,4-5,8,11-13H2,1-3H3. The second-order valence-corrected chi connectivity index (χ2v) is 5.82. The fourth-order valence-electron chi connectivity index (χ4n) is 3.56. The van der Waals surface area contributed by atoms with Crippen LogP contribution in [0.15, 0.2) is 24.3 Å². The molecule has 1 aliphatic carbocycles. The molecule has 0 amide bonds. The van der Waals surface area contributed by atoms with Crippen LogP contribution in [0, 0.1) is 5.92 Å². The maximum atomic E-state index is 5.57. The molecule has 0 aromatic heterocycles. The van der Waals surface area contributed by atoms with Gasteiger partial charge in [0.2, 0.25) is 0 Å². The minimum atomic E-state index is 0.294. The highest BCUT2D eigenvalue weighted by molar-refractivity contribution is 5.42. The molecule has 0 atom stereocenters. The molecule has 2 nitrogen and oxygen atoms in total. The van der Waals surface area contributed by atoms with Crippen molar-refractivity contribution in [2.24, 2.45) is 5.92 Å². The Hall–Kier alpha value is -1.02. The summed E-state index contributed by atoms with van der Waals surface area (Å²) in [4.78, 5) is 0. The molecule has 1 aliphatic rings. The summed E-state index contributed by atoms with van der Waals surface area (Å²) in [5.74, 6) is 1.95. The van der Waals surface area contributed by atoms with Crippen LogP contribution in [0.2, 0.25) is 0 Å². The van der Waals surface area contributed by atoms with Crippen LogP contribution in [-0.4, -0.2) is 20.2 Å². The molecule has 19 heavy (non-hydrogen) atoms. The molecule has 1 aromatic rings. The van der Waals surface area contributed by atoms with E-state index in [0.29, 0.717) is 5.41 Å². The molecular formula is C17H27NO. The zero-order valence-electron chi connectivity index (χ0n) is 12.5. The lowest BCUT2D eigenvalue weighted by Gasteiger charge is -2.49. The molecule has 1 aromatic carbocycles. The largest absolute Gasteiger partial charge is 0.496 e. The van der Waals surface area contributed by atoms with E-state index in [-0.39, 0.29) is 0 Å². The van der Waals surface area contributed by atoms with Crippen LogP contribution in [0.3, 0.4) is 0 Å². The molecule has 0 spiro atoms. The molecule has 0 unspecified atom stereocenters. The van der Waals surface area contributed by atoms with Crippen molar-refractivity contribution in [3.63, 3.8) is 0 Å². The van der Waals surface area contributed by atoms with Crippen LogP contribution in [0.4, 0.5) is 0 Å². The van der Waals surface area contributed by atoms with E-state index < -0.39 is 0 Å². The lowest BCUT2D eigenvalue weighted by Crippen LogP contribution is -2.48. The van der Waals surface area contributed by atoms with Crippen LogP contribution in [-0.2, 0) is 5.41 Å². The van der Waals surface area contributed by atoms with Crippen molar-refractivity contribution in [3.8, 4) is 5.75 Å². The zero-order valence-corrected chi connectivity index (χ0v) is 12.5. The molecule has 2 rings (SSSR count). The normalized spacial score (nSPS) is 25.9. The number of hydrogen-bond donors (Lipinski definition) is 1. The van der Waals surface area contributed by atoms with E-state index in [4.69, 9.17) is 4.74 Å². The van der Waals surface area contributed by atoms with Crippen molar-refractivity contribution >= 4 is 0 Å². The third kappa shape index (κ3) is 2.94. The number of para-hydroxylation sites is 1. The third-order valence-corrected chi connectivity index (χ3v) is 4.45. The lowest BCUT2D eigenvalue weighted by atomic mass is 9.57. The Kier molecular flexibility index (Phi) is 4.87. The molecule has 1 N–H and O–H groups in total. The van der Waals surface area contributed by atoms with Gasteiger partial charge in [0.15, 0.2) is 0 Å². The van der Waals surface area contributed by atoms with Gasteiger partial charge in [-0.25, -0.2) is 0 Å². The van der Waals surface area contributed by atoms with Gasteiger partial charge in [-0.1, -0.05) is 44.9 Å². The molecule has 0 bridgehead atoms. The number of benzene rings is 1. The first kappa shape index (κ1) is 14.4. The summed E-state index contributed by atoms with van der Waals surface area (Å²) in [7, 11) is 1.78. The Morgan fingerprint density at radius 2 is 2.00 bits per heavy atom. The Bertz CT molecular complexity index is 396. The number of ether oxygens (including phenoxy) is 1. The highest BCUT2D eigenvalue weighted by Crippen LogP contribution is 2.51. The predicted molar refractivity (Wildman–Crippen MR) is 80.8 cm³/mol. The van der Waals surface area contributed by atoms with Gasteiger partial charge in [0.25, 0.3) is 0 Å². The Morgan fingerprint density at radius 3 is 2.63 bits per heavy atom.